The first kappa shape index (κ1) is 24.2. The highest BCUT2D eigenvalue weighted by molar-refractivity contribution is 5.78. The first-order valence-corrected chi connectivity index (χ1v) is 8.03. The van der Waals surface area contributed by atoms with Crippen LogP contribution in [-0.2, 0) is 27.3 Å². The van der Waals surface area contributed by atoms with Gasteiger partial charge in [0.25, 0.3) is 0 Å². The molecule has 0 N–H and O–H groups in total. The summed E-state index contributed by atoms with van der Waals surface area (Å²) in [4.78, 5) is 26.4. The summed E-state index contributed by atoms with van der Waals surface area (Å²) in [6.45, 7) is 1.22. The summed E-state index contributed by atoms with van der Waals surface area (Å²) in [6, 6.07) is 2.46. The van der Waals surface area contributed by atoms with E-state index in [9.17, 15) is 35.9 Å². The Labute approximate surface area is 162 Å². The SMILES string of the molecule is CC(=O)Cc1cc(F)cc(F)c1F.CON(C)C(=O)Cc1cc(F)cc(F)c1F. The lowest BCUT2D eigenvalue weighted by molar-refractivity contribution is -0.167. The van der Waals surface area contributed by atoms with Crippen molar-refractivity contribution in [1.29, 1.82) is 0 Å². The number of ketones is 1. The van der Waals surface area contributed by atoms with Gasteiger partial charge in [-0.05, 0) is 19.1 Å². The van der Waals surface area contributed by atoms with Crippen LogP contribution in [0.3, 0.4) is 0 Å². The molecule has 0 bridgehead atoms. The molecule has 0 aliphatic carbocycles. The highest BCUT2D eigenvalue weighted by Crippen LogP contribution is 2.16. The molecule has 10 heteroatoms. The maximum atomic E-state index is 13.2. The molecule has 0 fully saturated rings. The van der Waals surface area contributed by atoms with Crippen LogP contribution in [0.5, 0.6) is 0 Å². The number of benzene rings is 2. The summed E-state index contributed by atoms with van der Waals surface area (Å²) in [7, 11) is 2.57. The number of nitrogens with zero attached hydrogens (tertiary/aromatic N) is 1. The summed E-state index contributed by atoms with van der Waals surface area (Å²) in [5.74, 6) is -7.72. The standard InChI is InChI=1S/C10H10F3NO2.C9H7F3O/c1-14(16-2)9(15)4-6-3-7(11)5-8(12)10(6)13;1-5(13)2-6-3-7(10)4-8(11)9(6)12/h3,5H,4H2,1-2H3;3-4H,2H2,1H3. The lowest BCUT2D eigenvalue weighted by Gasteiger charge is -2.13. The summed E-state index contributed by atoms with van der Waals surface area (Å²) in [5, 5.41) is 0.849. The van der Waals surface area contributed by atoms with Crippen LogP contribution in [-0.4, -0.2) is 30.9 Å². The van der Waals surface area contributed by atoms with Crippen molar-refractivity contribution in [3.8, 4) is 0 Å². The highest BCUT2D eigenvalue weighted by atomic mass is 19.2. The zero-order chi connectivity index (χ0) is 22.3. The Bertz CT molecular complexity index is 904. The molecule has 0 aliphatic heterocycles. The minimum Gasteiger partial charge on any atom is -0.300 e. The molecule has 0 atom stereocenters. The predicted octanol–water partition coefficient (Wildman–Crippen LogP) is 3.90. The van der Waals surface area contributed by atoms with Crippen LogP contribution < -0.4 is 0 Å². The van der Waals surface area contributed by atoms with Gasteiger partial charge in [-0.3, -0.25) is 14.4 Å². The zero-order valence-electron chi connectivity index (χ0n) is 15.7. The smallest absolute Gasteiger partial charge is 0.250 e. The first-order chi connectivity index (χ1) is 13.5. The van der Waals surface area contributed by atoms with Crippen molar-refractivity contribution in [2.75, 3.05) is 14.2 Å². The molecule has 2 aromatic rings. The van der Waals surface area contributed by atoms with Crippen molar-refractivity contribution in [2.45, 2.75) is 19.8 Å². The number of hydrogen-bond acceptors (Lipinski definition) is 3. The Balaban J connectivity index is 0.000000296. The zero-order valence-corrected chi connectivity index (χ0v) is 15.7. The fraction of sp³-hybridized carbons (Fsp3) is 0.263. The lowest BCUT2D eigenvalue weighted by Crippen LogP contribution is -2.27. The van der Waals surface area contributed by atoms with Crippen LogP contribution in [0.1, 0.15) is 18.1 Å². The molecule has 0 aliphatic rings. The van der Waals surface area contributed by atoms with E-state index in [2.05, 4.69) is 4.84 Å². The van der Waals surface area contributed by atoms with E-state index < -0.39 is 47.2 Å². The number of amides is 1. The molecule has 0 radical (unpaired) electrons. The van der Waals surface area contributed by atoms with Crippen LogP contribution in [0, 0.1) is 34.9 Å². The number of Topliss-reactive ketones (excluding diaryl/α,β-unsaturated/α-hetero) is 1. The second-order valence-corrected chi connectivity index (χ2v) is 5.85. The third-order valence-electron chi connectivity index (χ3n) is 3.54. The summed E-state index contributed by atoms with van der Waals surface area (Å²) in [5.41, 5.74) is -0.587. The van der Waals surface area contributed by atoms with Gasteiger partial charge in [-0.2, -0.15) is 0 Å². The van der Waals surface area contributed by atoms with Gasteiger partial charge in [0.1, 0.15) is 17.4 Å². The average Bonchev–Trinajstić information content (AvgIpc) is 2.62. The molecule has 0 unspecified atom stereocenters. The third-order valence-corrected chi connectivity index (χ3v) is 3.54. The van der Waals surface area contributed by atoms with E-state index in [0.29, 0.717) is 12.1 Å². The van der Waals surface area contributed by atoms with Crippen molar-refractivity contribution in [2.24, 2.45) is 0 Å². The molecule has 158 valence electrons. The third kappa shape index (κ3) is 7.22. The van der Waals surface area contributed by atoms with Gasteiger partial charge in [0.15, 0.2) is 23.3 Å². The molecule has 1 amide bonds. The summed E-state index contributed by atoms with van der Waals surface area (Å²) >= 11 is 0. The van der Waals surface area contributed by atoms with E-state index in [0.717, 1.165) is 17.2 Å². The van der Waals surface area contributed by atoms with Crippen LogP contribution in [0.4, 0.5) is 26.3 Å². The minimum absolute atomic E-state index is 0.245. The van der Waals surface area contributed by atoms with E-state index >= 15 is 0 Å². The van der Waals surface area contributed by atoms with Crippen LogP contribution in [0.2, 0.25) is 0 Å². The second kappa shape index (κ2) is 10.6. The number of likely N-dealkylation sites (N-methyl/N-ethyl adjacent to an activating group) is 1. The number of halogens is 6. The summed E-state index contributed by atoms with van der Waals surface area (Å²) < 4.78 is 76.7. The largest absolute Gasteiger partial charge is 0.300 e. The van der Waals surface area contributed by atoms with E-state index in [4.69, 9.17) is 0 Å². The summed E-state index contributed by atoms with van der Waals surface area (Å²) in [6.07, 6.45) is -0.759. The number of hydrogen-bond donors (Lipinski definition) is 0. The first-order valence-electron chi connectivity index (χ1n) is 8.03. The molecule has 0 heterocycles. The van der Waals surface area contributed by atoms with Crippen LogP contribution >= 0.6 is 0 Å². The Kier molecular flexibility index (Phi) is 8.84. The second-order valence-electron chi connectivity index (χ2n) is 5.85. The quantitative estimate of drug-likeness (QED) is 0.418. The van der Waals surface area contributed by atoms with Crippen molar-refractivity contribution < 1.29 is 40.8 Å². The van der Waals surface area contributed by atoms with Gasteiger partial charge in [-0.15, -0.1) is 0 Å². The molecule has 0 saturated carbocycles. The molecule has 2 aromatic carbocycles. The molecule has 2 rings (SSSR count). The molecule has 0 spiro atoms. The molecule has 29 heavy (non-hydrogen) atoms. The van der Waals surface area contributed by atoms with E-state index in [1.165, 1.54) is 21.1 Å². The van der Waals surface area contributed by atoms with Crippen LogP contribution in [0.25, 0.3) is 0 Å². The molecular formula is C19H17F6NO3. The molecule has 0 aromatic heterocycles. The highest BCUT2D eigenvalue weighted by Gasteiger charge is 2.16. The molecule has 0 saturated heterocycles. The van der Waals surface area contributed by atoms with Crippen molar-refractivity contribution in [1.82, 2.24) is 5.06 Å². The average molecular weight is 421 g/mol. The van der Waals surface area contributed by atoms with E-state index in [1.54, 1.807) is 0 Å². The Morgan fingerprint density at radius 2 is 1.24 bits per heavy atom. The fourth-order valence-corrected chi connectivity index (χ4v) is 2.12. The van der Waals surface area contributed by atoms with E-state index in [1.807, 2.05) is 0 Å². The van der Waals surface area contributed by atoms with Gasteiger partial charge in [-0.25, -0.2) is 31.4 Å². The maximum Gasteiger partial charge on any atom is 0.250 e. The number of hydroxylamine groups is 2. The van der Waals surface area contributed by atoms with Gasteiger partial charge >= 0.3 is 0 Å². The van der Waals surface area contributed by atoms with Gasteiger partial charge in [0, 0.05) is 36.7 Å². The lowest BCUT2D eigenvalue weighted by atomic mass is 10.1. The normalized spacial score (nSPS) is 10.2. The monoisotopic (exact) mass is 421 g/mol. The van der Waals surface area contributed by atoms with Gasteiger partial charge < -0.3 is 0 Å². The minimum atomic E-state index is -1.32. The predicted molar refractivity (Wildman–Crippen MR) is 90.5 cm³/mol. The van der Waals surface area contributed by atoms with Gasteiger partial charge in [-0.1, -0.05) is 0 Å². The van der Waals surface area contributed by atoms with Crippen molar-refractivity contribution >= 4 is 11.7 Å². The molecule has 4 nitrogen and oxygen atoms in total. The Morgan fingerprint density at radius 3 is 1.62 bits per heavy atom. The fourth-order valence-electron chi connectivity index (χ4n) is 2.12. The van der Waals surface area contributed by atoms with Crippen LogP contribution in [0.15, 0.2) is 24.3 Å². The van der Waals surface area contributed by atoms with Crippen molar-refractivity contribution in [3.63, 3.8) is 0 Å². The Hall–Kier alpha value is -2.88. The Morgan fingerprint density at radius 1 is 0.828 bits per heavy atom. The number of carbonyl (C=O) groups excluding carboxylic acids is 2. The number of carbonyl (C=O) groups is 2. The maximum absolute atomic E-state index is 13.2. The van der Waals surface area contributed by atoms with Crippen molar-refractivity contribution in [3.05, 3.63) is 70.3 Å². The van der Waals surface area contributed by atoms with E-state index in [-0.39, 0.29) is 23.3 Å². The van der Waals surface area contributed by atoms with Gasteiger partial charge in [0.2, 0.25) is 5.91 Å². The molecular weight excluding hydrogens is 404 g/mol. The topological polar surface area (TPSA) is 46.6 Å². The van der Waals surface area contributed by atoms with Gasteiger partial charge in [0.05, 0.1) is 13.5 Å². The number of rotatable bonds is 5.